The molecule has 0 bridgehead atoms. The summed E-state index contributed by atoms with van der Waals surface area (Å²) in [6, 6.07) is 44.7. The van der Waals surface area contributed by atoms with Crippen molar-refractivity contribution in [3.8, 4) is 45.6 Å². The van der Waals surface area contributed by atoms with E-state index in [1.807, 2.05) is 84.9 Å². The van der Waals surface area contributed by atoms with Gasteiger partial charge in [-0.3, -0.25) is 0 Å². The van der Waals surface area contributed by atoms with E-state index in [0.717, 1.165) is 44.0 Å². The van der Waals surface area contributed by atoms with Crippen LogP contribution in [-0.2, 0) is 0 Å². The Morgan fingerprint density at radius 1 is 0.447 bits per heavy atom. The third-order valence-electron chi connectivity index (χ3n) is 8.58. The van der Waals surface area contributed by atoms with Gasteiger partial charge in [-0.2, -0.15) is 0 Å². The van der Waals surface area contributed by atoms with E-state index in [9.17, 15) is 0 Å². The quantitative estimate of drug-likeness (QED) is 0.194. The van der Waals surface area contributed by atoms with Crippen LogP contribution < -0.4 is 0 Å². The molecule has 0 aliphatic carbocycles. The largest absolute Gasteiger partial charge is 0.456 e. The number of hydrogen-bond acceptors (Lipinski definition) is 7. The lowest BCUT2D eigenvalue weighted by Crippen LogP contribution is -2.01. The number of rotatable bonds is 4. The number of thiophene rings is 1. The molecule has 0 spiro atoms. The van der Waals surface area contributed by atoms with Crippen LogP contribution in [-0.4, -0.2) is 19.9 Å². The van der Waals surface area contributed by atoms with E-state index < -0.39 is 0 Å². The first-order valence-corrected chi connectivity index (χ1v) is 16.1. The minimum absolute atomic E-state index is 0.500. The molecule has 0 aliphatic heterocycles. The maximum absolute atomic E-state index is 6.41. The molecule has 0 saturated carbocycles. The Kier molecular flexibility index (Phi) is 5.64. The highest BCUT2D eigenvalue weighted by atomic mass is 32.1. The third kappa shape index (κ3) is 4.10. The average molecular weight is 623 g/mol. The first-order chi connectivity index (χ1) is 23.3. The highest BCUT2D eigenvalue weighted by Gasteiger charge is 2.25. The van der Waals surface area contributed by atoms with Crippen LogP contribution in [0.2, 0.25) is 0 Å². The predicted molar refractivity (Wildman–Crippen MR) is 189 cm³/mol. The Morgan fingerprint density at radius 2 is 1.13 bits per heavy atom. The molecule has 6 nitrogen and oxygen atoms in total. The van der Waals surface area contributed by atoms with Crippen LogP contribution in [0.15, 0.2) is 142 Å². The van der Waals surface area contributed by atoms with Crippen LogP contribution in [0.5, 0.6) is 0 Å². The molecular weight excluding hydrogens is 601 g/mol. The van der Waals surface area contributed by atoms with Crippen molar-refractivity contribution in [1.82, 2.24) is 19.9 Å². The van der Waals surface area contributed by atoms with Gasteiger partial charge in [-0.25, -0.2) is 19.9 Å². The Bertz CT molecular complexity index is 2800. The van der Waals surface area contributed by atoms with Crippen molar-refractivity contribution in [3.05, 3.63) is 133 Å². The SMILES string of the molecule is c1ccc(-c2nc(-c3c4nc(-c5ccccc5)oc4cc4oc5ccccc5c34)nc(-c3cccc4sc5ccccc5c34)n2)cc1. The maximum atomic E-state index is 6.41. The van der Waals surface area contributed by atoms with Gasteiger partial charge in [0.1, 0.15) is 16.7 Å². The standard InChI is InChI=1S/C40H22N4O2S/c1-3-12-23(13-4-1)37-42-38(27-18-11-21-32-33(27)26-17-8-10-20-31(26)47-32)44-39(43-37)35-34-25-16-7-9-19-28(25)45-29(34)22-30-36(35)41-40(46-30)24-14-5-2-6-15-24/h1-22H. The summed E-state index contributed by atoms with van der Waals surface area (Å²) in [4.78, 5) is 20.6. The first-order valence-electron chi connectivity index (χ1n) is 15.3. The van der Waals surface area contributed by atoms with E-state index in [1.165, 1.54) is 14.8 Å². The second-order valence-corrected chi connectivity index (χ2v) is 12.5. The molecule has 10 rings (SSSR count). The summed E-state index contributed by atoms with van der Waals surface area (Å²) in [7, 11) is 0. The molecule has 4 aromatic heterocycles. The molecule has 47 heavy (non-hydrogen) atoms. The van der Waals surface area contributed by atoms with Crippen molar-refractivity contribution >= 4 is 64.5 Å². The molecule has 0 radical (unpaired) electrons. The van der Waals surface area contributed by atoms with Gasteiger partial charge in [0.2, 0.25) is 5.89 Å². The Hall–Kier alpha value is -6.18. The zero-order chi connectivity index (χ0) is 30.9. The van der Waals surface area contributed by atoms with Crippen molar-refractivity contribution in [3.63, 3.8) is 0 Å². The van der Waals surface area contributed by atoms with E-state index in [0.29, 0.717) is 40.0 Å². The molecule has 0 saturated heterocycles. The summed E-state index contributed by atoms with van der Waals surface area (Å²) in [6.45, 7) is 0. The minimum atomic E-state index is 0.500. The lowest BCUT2D eigenvalue weighted by molar-refractivity contribution is 0.617. The van der Waals surface area contributed by atoms with E-state index in [-0.39, 0.29) is 0 Å². The third-order valence-corrected chi connectivity index (χ3v) is 9.72. The van der Waals surface area contributed by atoms with Gasteiger partial charge in [0.25, 0.3) is 0 Å². The Balaban J connectivity index is 1.33. The lowest BCUT2D eigenvalue weighted by Gasteiger charge is -2.10. The Morgan fingerprint density at radius 3 is 1.98 bits per heavy atom. The van der Waals surface area contributed by atoms with Crippen LogP contribution in [0.1, 0.15) is 0 Å². The number of hydrogen-bond donors (Lipinski definition) is 0. The molecule has 220 valence electrons. The van der Waals surface area contributed by atoms with E-state index >= 15 is 0 Å². The molecule has 6 aromatic carbocycles. The number of fused-ring (bicyclic) bond motifs is 7. The number of para-hydroxylation sites is 1. The monoisotopic (exact) mass is 622 g/mol. The van der Waals surface area contributed by atoms with Crippen LogP contribution >= 0.6 is 11.3 Å². The molecule has 4 heterocycles. The van der Waals surface area contributed by atoms with Crippen LogP contribution in [0.4, 0.5) is 0 Å². The van der Waals surface area contributed by atoms with Gasteiger partial charge in [-0.05, 0) is 30.3 Å². The normalized spacial score (nSPS) is 11.8. The number of aromatic nitrogens is 4. The minimum Gasteiger partial charge on any atom is -0.456 e. The van der Waals surface area contributed by atoms with Crippen molar-refractivity contribution in [2.24, 2.45) is 0 Å². The van der Waals surface area contributed by atoms with Crippen LogP contribution in [0, 0.1) is 0 Å². The number of benzene rings is 6. The van der Waals surface area contributed by atoms with Gasteiger partial charge < -0.3 is 8.83 Å². The summed E-state index contributed by atoms with van der Waals surface area (Å²) in [5.41, 5.74) is 6.19. The summed E-state index contributed by atoms with van der Waals surface area (Å²) in [6.07, 6.45) is 0. The number of furan rings is 1. The molecule has 0 N–H and O–H groups in total. The molecule has 0 aliphatic rings. The summed E-state index contributed by atoms with van der Waals surface area (Å²) >= 11 is 1.77. The van der Waals surface area contributed by atoms with Gasteiger partial charge in [0.15, 0.2) is 23.1 Å². The summed E-state index contributed by atoms with van der Waals surface area (Å²) < 4.78 is 15.2. The highest BCUT2D eigenvalue weighted by molar-refractivity contribution is 7.25. The predicted octanol–water partition coefficient (Wildman–Crippen LogP) is 10.9. The molecular formula is C40H22N4O2S. The zero-order valence-corrected chi connectivity index (χ0v) is 25.5. The van der Waals surface area contributed by atoms with Gasteiger partial charge in [0, 0.05) is 53.7 Å². The van der Waals surface area contributed by atoms with Gasteiger partial charge >= 0.3 is 0 Å². The average Bonchev–Trinajstić information content (AvgIpc) is 3.84. The van der Waals surface area contributed by atoms with Gasteiger partial charge in [0.05, 0.1) is 5.56 Å². The zero-order valence-electron chi connectivity index (χ0n) is 24.7. The second-order valence-electron chi connectivity index (χ2n) is 11.4. The lowest BCUT2D eigenvalue weighted by atomic mass is 10.0. The van der Waals surface area contributed by atoms with Crippen LogP contribution in [0.3, 0.4) is 0 Å². The van der Waals surface area contributed by atoms with Gasteiger partial charge in [-0.1, -0.05) is 97.1 Å². The van der Waals surface area contributed by atoms with Crippen molar-refractivity contribution < 1.29 is 8.83 Å². The van der Waals surface area contributed by atoms with Gasteiger partial charge in [-0.15, -0.1) is 11.3 Å². The molecule has 0 amide bonds. The van der Waals surface area contributed by atoms with E-state index in [4.69, 9.17) is 28.8 Å². The molecule has 0 unspecified atom stereocenters. The maximum Gasteiger partial charge on any atom is 0.227 e. The summed E-state index contributed by atoms with van der Waals surface area (Å²) in [5.74, 6) is 2.19. The van der Waals surface area contributed by atoms with E-state index in [1.54, 1.807) is 11.3 Å². The van der Waals surface area contributed by atoms with Crippen molar-refractivity contribution in [2.45, 2.75) is 0 Å². The highest BCUT2D eigenvalue weighted by Crippen LogP contribution is 2.44. The second kappa shape index (κ2) is 10.2. The number of oxazole rings is 1. The fourth-order valence-corrected chi connectivity index (χ4v) is 7.61. The van der Waals surface area contributed by atoms with Crippen LogP contribution in [0.25, 0.3) is 98.8 Å². The topological polar surface area (TPSA) is 77.8 Å². The first kappa shape index (κ1) is 26.1. The smallest absolute Gasteiger partial charge is 0.227 e. The number of nitrogens with zero attached hydrogens (tertiary/aromatic N) is 4. The van der Waals surface area contributed by atoms with Crippen molar-refractivity contribution in [2.75, 3.05) is 0 Å². The molecule has 7 heteroatoms. The fraction of sp³-hybridized carbons (Fsp3) is 0. The molecule has 0 fully saturated rings. The van der Waals surface area contributed by atoms with Crippen molar-refractivity contribution in [1.29, 1.82) is 0 Å². The van der Waals surface area contributed by atoms with E-state index in [2.05, 4.69) is 48.5 Å². The molecule has 0 atom stereocenters. The summed E-state index contributed by atoms with van der Waals surface area (Å²) in [5, 5.41) is 4.16. The fourth-order valence-electron chi connectivity index (χ4n) is 6.48. The Labute approximate surface area is 271 Å². The molecule has 10 aromatic rings.